The van der Waals surface area contributed by atoms with Gasteiger partial charge in [0.05, 0.1) is 41.0 Å². The number of rotatable bonds is 3. The second-order valence-electron chi connectivity index (χ2n) is 6.24. The molecule has 136 valence electrons. The molecule has 0 N–H and O–H groups in total. The Morgan fingerprint density at radius 2 is 1.89 bits per heavy atom. The quantitative estimate of drug-likeness (QED) is 0.460. The fraction of sp³-hybridized carbons (Fsp3) is 0.0500. The van der Waals surface area contributed by atoms with Gasteiger partial charge in [-0.1, -0.05) is 29.8 Å². The topological polar surface area (TPSA) is 69.4 Å². The van der Waals surface area contributed by atoms with Crippen molar-refractivity contribution < 1.29 is 4.39 Å². The summed E-state index contributed by atoms with van der Waals surface area (Å²) in [4.78, 5) is 22.1. The van der Waals surface area contributed by atoms with Crippen LogP contribution in [0.2, 0.25) is 5.02 Å². The van der Waals surface area contributed by atoms with E-state index in [1.54, 1.807) is 30.7 Å². The normalized spacial score (nSPS) is 11.4. The third-order valence-electron chi connectivity index (χ3n) is 4.42. The minimum atomic E-state index is -0.342. The molecule has 0 aliphatic heterocycles. The van der Waals surface area contributed by atoms with Crippen LogP contribution in [0.15, 0.2) is 61.3 Å². The minimum Gasteiger partial charge on any atom is -0.309 e. The summed E-state index contributed by atoms with van der Waals surface area (Å²) >= 11 is 6.31. The maximum atomic E-state index is 13.9. The molecule has 0 amide bonds. The molecule has 0 aliphatic rings. The standard InChI is InChI=1S/C20H12ClFN6/c21-14-5-2-6-15-19(14)27-18(12-3-1-4-13(22)7-12)17(26-15)9-28-11-25-16-8-23-10-24-20(16)28/h1-8,10-11H,9H2. The molecule has 3 aromatic heterocycles. The molecule has 0 spiro atoms. The van der Waals surface area contributed by atoms with E-state index in [-0.39, 0.29) is 5.82 Å². The zero-order valence-electron chi connectivity index (χ0n) is 14.4. The van der Waals surface area contributed by atoms with Crippen LogP contribution in [-0.2, 0) is 6.54 Å². The molecular weight excluding hydrogens is 379 g/mol. The molecule has 0 aliphatic carbocycles. The van der Waals surface area contributed by atoms with Crippen molar-refractivity contribution in [1.29, 1.82) is 0 Å². The number of imidazole rings is 1. The van der Waals surface area contributed by atoms with E-state index in [9.17, 15) is 4.39 Å². The number of hydrogen-bond donors (Lipinski definition) is 0. The predicted molar refractivity (Wildman–Crippen MR) is 104 cm³/mol. The molecule has 0 saturated heterocycles. The summed E-state index contributed by atoms with van der Waals surface area (Å²) in [5, 5.41) is 0.495. The highest BCUT2D eigenvalue weighted by Gasteiger charge is 2.15. The van der Waals surface area contributed by atoms with E-state index in [1.165, 1.54) is 18.5 Å². The summed E-state index contributed by atoms with van der Waals surface area (Å²) in [6.07, 6.45) is 4.80. The number of halogens is 2. The molecule has 2 aromatic carbocycles. The number of para-hydroxylation sites is 1. The molecule has 0 bridgehead atoms. The smallest absolute Gasteiger partial charge is 0.163 e. The van der Waals surface area contributed by atoms with Gasteiger partial charge >= 0.3 is 0 Å². The summed E-state index contributed by atoms with van der Waals surface area (Å²) < 4.78 is 15.7. The van der Waals surface area contributed by atoms with Crippen molar-refractivity contribution in [1.82, 2.24) is 29.5 Å². The van der Waals surface area contributed by atoms with Gasteiger partial charge in [0.15, 0.2) is 5.65 Å². The van der Waals surface area contributed by atoms with Crippen LogP contribution in [0, 0.1) is 5.82 Å². The molecule has 0 atom stereocenters. The first-order valence-electron chi connectivity index (χ1n) is 8.51. The van der Waals surface area contributed by atoms with E-state index in [4.69, 9.17) is 21.6 Å². The van der Waals surface area contributed by atoms with Gasteiger partial charge in [0.2, 0.25) is 0 Å². The first-order chi connectivity index (χ1) is 13.7. The van der Waals surface area contributed by atoms with Crippen molar-refractivity contribution >= 4 is 33.8 Å². The average Bonchev–Trinajstić information content (AvgIpc) is 3.11. The largest absolute Gasteiger partial charge is 0.309 e. The van der Waals surface area contributed by atoms with Gasteiger partial charge in [0.1, 0.15) is 23.2 Å². The molecule has 0 radical (unpaired) electrons. The molecule has 5 aromatic rings. The fourth-order valence-corrected chi connectivity index (χ4v) is 3.36. The molecule has 5 rings (SSSR count). The maximum Gasteiger partial charge on any atom is 0.163 e. The van der Waals surface area contributed by atoms with Gasteiger partial charge < -0.3 is 4.57 Å². The Labute approximate surface area is 163 Å². The number of nitrogens with zero attached hydrogens (tertiary/aromatic N) is 6. The lowest BCUT2D eigenvalue weighted by molar-refractivity contribution is 0.628. The van der Waals surface area contributed by atoms with Crippen molar-refractivity contribution in [3.05, 3.63) is 77.8 Å². The van der Waals surface area contributed by atoms with Crippen LogP contribution in [0.4, 0.5) is 4.39 Å². The van der Waals surface area contributed by atoms with Crippen molar-refractivity contribution in [2.75, 3.05) is 0 Å². The fourth-order valence-electron chi connectivity index (χ4n) is 3.15. The van der Waals surface area contributed by atoms with Gasteiger partial charge in [-0.05, 0) is 24.3 Å². The van der Waals surface area contributed by atoms with E-state index in [0.717, 1.165) is 0 Å². The van der Waals surface area contributed by atoms with Gasteiger partial charge in [-0.3, -0.25) is 0 Å². The number of benzene rings is 2. The van der Waals surface area contributed by atoms with Gasteiger partial charge in [-0.15, -0.1) is 0 Å². The van der Waals surface area contributed by atoms with Crippen molar-refractivity contribution in [3.63, 3.8) is 0 Å². The van der Waals surface area contributed by atoms with Gasteiger partial charge in [0.25, 0.3) is 0 Å². The van der Waals surface area contributed by atoms with Gasteiger partial charge in [-0.25, -0.2) is 29.3 Å². The van der Waals surface area contributed by atoms with Gasteiger partial charge in [-0.2, -0.15) is 0 Å². The maximum absolute atomic E-state index is 13.9. The second-order valence-corrected chi connectivity index (χ2v) is 6.65. The van der Waals surface area contributed by atoms with E-state index >= 15 is 0 Å². The molecular formula is C20H12ClFN6. The molecule has 3 heterocycles. The van der Waals surface area contributed by atoms with Crippen molar-refractivity contribution in [3.8, 4) is 11.3 Å². The molecule has 28 heavy (non-hydrogen) atoms. The van der Waals surface area contributed by atoms with Crippen LogP contribution in [0.3, 0.4) is 0 Å². The van der Waals surface area contributed by atoms with E-state index < -0.39 is 0 Å². The highest BCUT2D eigenvalue weighted by atomic mass is 35.5. The van der Waals surface area contributed by atoms with Crippen molar-refractivity contribution in [2.24, 2.45) is 0 Å². The lowest BCUT2D eigenvalue weighted by Gasteiger charge is -2.12. The zero-order chi connectivity index (χ0) is 19.1. The summed E-state index contributed by atoms with van der Waals surface area (Å²) in [5.41, 5.74) is 4.48. The number of fused-ring (bicyclic) bond motifs is 2. The van der Waals surface area contributed by atoms with Gasteiger partial charge in [0, 0.05) is 5.56 Å². The lowest BCUT2D eigenvalue weighted by Crippen LogP contribution is -2.06. The van der Waals surface area contributed by atoms with Crippen LogP contribution >= 0.6 is 11.6 Å². The Balaban J connectivity index is 1.73. The number of aromatic nitrogens is 6. The molecule has 6 nitrogen and oxygen atoms in total. The SMILES string of the molecule is Fc1cccc(-c2nc3c(Cl)cccc3nc2Cn2cnc3cncnc32)c1. The average molecular weight is 391 g/mol. The third kappa shape index (κ3) is 2.86. The lowest BCUT2D eigenvalue weighted by atomic mass is 10.1. The molecule has 0 fully saturated rings. The summed E-state index contributed by atoms with van der Waals surface area (Å²) in [6.45, 7) is 0.370. The molecule has 8 heteroatoms. The van der Waals surface area contributed by atoms with Crippen LogP contribution in [0.5, 0.6) is 0 Å². The minimum absolute atomic E-state index is 0.342. The molecule has 0 unspecified atom stereocenters. The summed E-state index contributed by atoms with van der Waals surface area (Å²) in [7, 11) is 0. The Morgan fingerprint density at radius 3 is 2.79 bits per heavy atom. The van der Waals surface area contributed by atoms with E-state index in [1.807, 2.05) is 16.7 Å². The van der Waals surface area contributed by atoms with E-state index in [2.05, 4.69) is 15.0 Å². The van der Waals surface area contributed by atoms with E-state index in [0.29, 0.717) is 50.7 Å². The first kappa shape index (κ1) is 16.7. The summed E-state index contributed by atoms with van der Waals surface area (Å²) in [6, 6.07) is 11.7. The van der Waals surface area contributed by atoms with Crippen LogP contribution < -0.4 is 0 Å². The van der Waals surface area contributed by atoms with Crippen LogP contribution in [-0.4, -0.2) is 29.5 Å². The third-order valence-corrected chi connectivity index (χ3v) is 4.72. The Morgan fingerprint density at radius 1 is 1.00 bits per heavy atom. The number of hydrogen-bond acceptors (Lipinski definition) is 5. The zero-order valence-corrected chi connectivity index (χ0v) is 15.2. The van der Waals surface area contributed by atoms with Crippen LogP contribution in [0.25, 0.3) is 33.5 Å². The Hall–Kier alpha value is -3.45. The first-order valence-corrected chi connectivity index (χ1v) is 8.89. The van der Waals surface area contributed by atoms with Crippen LogP contribution in [0.1, 0.15) is 5.69 Å². The predicted octanol–water partition coefficient (Wildman–Crippen LogP) is 4.28. The Kier molecular flexibility index (Phi) is 3.95. The monoisotopic (exact) mass is 390 g/mol. The summed E-state index contributed by atoms with van der Waals surface area (Å²) in [5.74, 6) is -0.342. The molecule has 0 saturated carbocycles. The van der Waals surface area contributed by atoms with Crippen molar-refractivity contribution in [2.45, 2.75) is 6.54 Å². The second kappa shape index (κ2) is 6.61. The highest BCUT2D eigenvalue weighted by Crippen LogP contribution is 2.28. The highest BCUT2D eigenvalue weighted by molar-refractivity contribution is 6.34. The Bertz CT molecular complexity index is 1330.